The minimum atomic E-state index is 0.199. The van der Waals surface area contributed by atoms with Crippen molar-refractivity contribution in [2.75, 3.05) is 0 Å². The Morgan fingerprint density at radius 2 is 2.55 bits per heavy atom. The molecule has 0 atom stereocenters. The maximum Gasteiger partial charge on any atom is 0.122 e. The standard InChI is InChI=1S/C7H13N3O/c1-6(2)11-10-5-7-8-3-4-9-7/h3-4,6,10H,5H2,1-2H3,(H,8,9). The molecule has 11 heavy (non-hydrogen) atoms. The first-order valence-electron chi connectivity index (χ1n) is 3.66. The molecule has 0 radical (unpaired) electrons. The smallest absolute Gasteiger partial charge is 0.122 e. The van der Waals surface area contributed by atoms with Gasteiger partial charge in [-0.3, -0.25) is 4.84 Å². The molecular formula is C7H13N3O. The van der Waals surface area contributed by atoms with Crippen LogP contribution in [0.25, 0.3) is 0 Å². The molecule has 0 bridgehead atoms. The third kappa shape index (κ3) is 3.15. The van der Waals surface area contributed by atoms with E-state index in [0.717, 1.165) is 5.82 Å². The lowest BCUT2D eigenvalue weighted by atomic mass is 10.5. The number of imidazole rings is 1. The Labute approximate surface area is 65.9 Å². The third-order valence-electron chi connectivity index (χ3n) is 1.11. The van der Waals surface area contributed by atoms with Gasteiger partial charge in [-0.1, -0.05) is 0 Å². The lowest BCUT2D eigenvalue weighted by Crippen LogP contribution is -2.19. The number of rotatable bonds is 4. The van der Waals surface area contributed by atoms with Crippen LogP contribution in [0.2, 0.25) is 0 Å². The zero-order valence-electron chi connectivity index (χ0n) is 6.79. The molecule has 0 aliphatic carbocycles. The van der Waals surface area contributed by atoms with Gasteiger partial charge in [-0.2, -0.15) is 5.48 Å². The van der Waals surface area contributed by atoms with Gasteiger partial charge in [-0.05, 0) is 13.8 Å². The van der Waals surface area contributed by atoms with E-state index in [1.807, 2.05) is 13.8 Å². The first-order chi connectivity index (χ1) is 5.29. The van der Waals surface area contributed by atoms with Gasteiger partial charge in [0.2, 0.25) is 0 Å². The van der Waals surface area contributed by atoms with Crippen LogP contribution in [0, 0.1) is 0 Å². The van der Waals surface area contributed by atoms with Crippen LogP contribution >= 0.6 is 0 Å². The topological polar surface area (TPSA) is 49.9 Å². The Bertz CT molecular complexity index is 184. The lowest BCUT2D eigenvalue weighted by Gasteiger charge is -2.06. The molecule has 4 heteroatoms. The second kappa shape index (κ2) is 4.10. The van der Waals surface area contributed by atoms with Crippen LogP contribution in [-0.2, 0) is 11.4 Å². The van der Waals surface area contributed by atoms with E-state index in [4.69, 9.17) is 4.84 Å². The fraction of sp³-hybridized carbons (Fsp3) is 0.571. The molecule has 0 amide bonds. The number of aromatic amines is 1. The van der Waals surface area contributed by atoms with Gasteiger partial charge in [0.25, 0.3) is 0 Å². The molecule has 2 N–H and O–H groups in total. The number of H-pyrrole nitrogens is 1. The quantitative estimate of drug-likeness (QED) is 0.633. The molecule has 0 saturated heterocycles. The van der Waals surface area contributed by atoms with Crippen LogP contribution in [0.3, 0.4) is 0 Å². The summed E-state index contributed by atoms with van der Waals surface area (Å²) in [6.07, 6.45) is 3.70. The molecule has 62 valence electrons. The van der Waals surface area contributed by atoms with Gasteiger partial charge >= 0.3 is 0 Å². The third-order valence-corrected chi connectivity index (χ3v) is 1.11. The Kier molecular flexibility index (Phi) is 3.07. The van der Waals surface area contributed by atoms with Crippen LogP contribution in [0.4, 0.5) is 0 Å². The zero-order valence-corrected chi connectivity index (χ0v) is 6.79. The first-order valence-corrected chi connectivity index (χ1v) is 3.66. The average Bonchev–Trinajstić information content (AvgIpc) is 2.39. The molecule has 1 rings (SSSR count). The molecule has 0 aliphatic heterocycles. The van der Waals surface area contributed by atoms with Crippen molar-refractivity contribution >= 4 is 0 Å². The van der Waals surface area contributed by atoms with E-state index in [9.17, 15) is 0 Å². The maximum absolute atomic E-state index is 5.11. The van der Waals surface area contributed by atoms with Gasteiger partial charge in [0.15, 0.2) is 0 Å². The molecule has 1 aromatic rings. The molecule has 0 spiro atoms. The normalized spacial score (nSPS) is 10.8. The van der Waals surface area contributed by atoms with Gasteiger partial charge in [-0.15, -0.1) is 0 Å². The highest BCUT2D eigenvalue weighted by atomic mass is 16.7. The van der Waals surface area contributed by atoms with Crippen LogP contribution in [0.1, 0.15) is 19.7 Å². The number of nitrogens with zero attached hydrogens (tertiary/aromatic N) is 1. The van der Waals surface area contributed by atoms with Gasteiger partial charge in [0, 0.05) is 12.4 Å². The fourth-order valence-corrected chi connectivity index (χ4v) is 0.671. The van der Waals surface area contributed by atoms with Crippen LogP contribution in [0.5, 0.6) is 0 Å². The second-order valence-electron chi connectivity index (χ2n) is 2.52. The van der Waals surface area contributed by atoms with E-state index < -0.39 is 0 Å². The van der Waals surface area contributed by atoms with Crippen molar-refractivity contribution in [3.05, 3.63) is 18.2 Å². The Morgan fingerprint density at radius 3 is 3.09 bits per heavy atom. The molecular weight excluding hydrogens is 142 g/mol. The van der Waals surface area contributed by atoms with Gasteiger partial charge in [-0.25, -0.2) is 4.98 Å². The Balaban J connectivity index is 2.14. The number of hydrogen-bond acceptors (Lipinski definition) is 3. The number of aromatic nitrogens is 2. The monoisotopic (exact) mass is 155 g/mol. The first kappa shape index (κ1) is 8.23. The molecule has 0 aliphatic rings. The fourth-order valence-electron chi connectivity index (χ4n) is 0.671. The van der Waals surface area contributed by atoms with Gasteiger partial charge in [0.05, 0.1) is 12.6 Å². The summed E-state index contributed by atoms with van der Waals surface area (Å²) in [5.74, 6) is 0.880. The van der Waals surface area contributed by atoms with Crippen molar-refractivity contribution < 1.29 is 4.84 Å². The maximum atomic E-state index is 5.11. The zero-order chi connectivity index (χ0) is 8.10. The van der Waals surface area contributed by atoms with E-state index in [0.29, 0.717) is 6.54 Å². The average molecular weight is 155 g/mol. The van der Waals surface area contributed by atoms with Gasteiger partial charge < -0.3 is 4.98 Å². The van der Waals surface area contributed by atoms with Crippen LogP contribution in [-0.4, -0.2) is 16.1 Å². The minimum absolute atomic E-state index is 0.199. The molecule has 0 fully saturated rings. The highest BCUT2D eigenvalue weighted by Gasteiger charge is 1.94. The summed E-state index contributed by atoms with van der Waals surface area (Å²) >= 11 is 0. The highest BCUT2D eigenvalue weighted by molar-refractivity contribution is 4.84. The van der Waals surface area contributed by atoms with Crippen molar-refractivity contribution in [2.24, 2.45) is 0 Å². The van der Waals surface area contributed by atoms with Gasteiger partial charge in [0.1, 0.15) is 5.82 Å². The number of nitrogens with one attached hydrogen (secondary N) is 2. The van der Waals surface area contributed by atoms with Crippen molar-refractivity contribution in [2.45, 2.75) is 26.5 Å². The minimum Gasteiger partial charge on any atom is -0.347 e. The van der Waals surface area contributed by atoms with E-state index >= 15 is 0 Å². The highest BCUT2D eigenvalue weighted by Crippen LogP contribution is 1.88. The molecule has 0 unspecified atom stereocenters. The second-order valence-corrected chi connectivity index (χ2v) is 2.52. The summed E-state index contributed by atoms with van der Waals surface area (Å²) in [6.45, 7) is 4.55. The van der Waals surface area contributed by atoms with Crippen molar-refractivity contribution in [3.63, 3.8) is 0 Å². The summed E-state index contributed by atoms with van der Waals surface area (Å²) in [5.41, 5.74) is 2.79. The van der Waals surface area contributed by atoms with Crippen molar-refractivity contribution in [1.82, 2.24) is 15.4 Å². The molecule has 1 heterocycles. The largest absolute Gasteiger partial charge is 0.347 e. The summed E-state index contributed by atoms with van der Waals surface area (Å²) in [4.78, 5) is 12.1. The SMILES string of the molecule is CC(C)ONCc1ncc[nH]1. The predicted molar refractivity (Wildman–Crippen MR) is 41.6 cm³/mol. The summed E-state index contributed by atoms with van der Waals surface area (Å²) in [6, 6.07) is 0. The van der Waals surface area contributed by atoms with E-state index in [1.165, 1.54) is 0 Å². The van der Waals surface area contributed by atoms with E-state index in [2.05, 4.69) is 15.4 Å². The van der Waals surface area contributed by atoms with E-state index in [-0.39, 0.29) is 6.10 Å². The Hall–Kier alpha value is -0.870. The van der Waals surface area contributed by atoms with Crippen LogP contribution < -0.4 is 5.48 Å². The molecule has 0 saturated carbocycles. The molecule has 0 aromatic carbocycles. The van der Waals surface area contributed by atoms with Crippen LogP contribution in [0.15, 0.2) is 12.4 Å². The number of hydroxylamine groups is 1. The summed E-state index contributed by atoms with van der Waals surface area (Å²) in [5, 5.41) is 0. The molecule has 1 aromatic heterocycles. The van der Waals surface area contributed by atoms with Crippen molar-refractivity contribution in [3.8, 4) is 0 Å². The molecule has 4 nitrogen and oxygen atoms in total. The Morgan fingerprint density at radius 1 is 1.73 bits per heavy atom. The predicted octanol–water partition coefficient (Wildman–Crippen LogP) is 0.839. The summed E-state index contributed by atoms with van der Waals surface area (Å²) < 4.78 is 0. The van der Waals surface area contributed by atoms with Crippen molar-refractivity contribution in [1.29, 1.82) is 0 Å². The van der Waals surface area contributed by atoms with E-state index in [1.54, 1.807) is 12.4 Å². The summed E-state index contributed by atoms with van der Waals surface area (Å²) in [7, 11) is 0. The number of hydrogen-bond donors (Lipinski definition) is 2. The lowest BCUT2D eigenvalue weighted by molar-refractivity contribution is -0.00985.